The average Bonchev–Trinajstić information content (AvgIpc) is 2.68. The fraction of sp³-hybridized carbons (Fsp3) is 0.409. The lowest BCUT2D eigenvalue weighted by Gasteiger charge is -2.26. The van der Waals surface area contributed by atoms with Gasteiger partial charge < -0.3 is 14.2 Å². The molecule has 0 amide bonds. The molecule has 150 valence electrons. The van der Waals surface area contributed by atoms with Crippen molar-refractivity contribution >= 4 is 24.0 Å². The van der Waals surface area contributed by atoms with Gasteiger partial charge in [-0.3, -0.25) is 9.59 Å². The first-order chi connectivity index (χ1) is 13.4. The maximum Gasteiger partial charge on any atom is 0.338 e. The number of ether oxygens (including phenoxy) is 3. The zero-order valence-electron chi connectivity index (χ0n) is 16.5. The predicted octanol–water partition coefficient (Wildman–Crippen LogP) is 3.40. The minimum Gasteiger partial charge on any atom is -0.465 e. The summed E-state index contributed by atoms with van der Waals surface area (Å²) in [5, 5.41) is 0. The van der Waals surface area contributed by atoms with Crippen molar-refractivity contribution in [3.63, 3.8) is 0 Å². The fourth-order valence-corrected chi connectivity index (χ4v) is 2.52. The van der Waals surface area contributed by atoms with Crippen molar-refractivity contribution in [1.29, 1.82) is 0 Å². The molecule has 0 aliphatic heterocycles. The highest BCUT2D eigenvalue weighted by atomic mass is 16.6. The zero-order valence-corrected chi connectivity index (χ0v) is 16.5. The van der Waals surface area contributed by atoms with Gasteiger partial charge in [0.2, 0.25) is 0 Å². The third-order valence-electron chi connectivity index (χ3n) is 3.93. The van der Waals surface area contributed by atoms with Crippen LogP contribution >= 0.6 is 0 Å². The van der Waals surface area contributed by atoms with Crippen molar-refractivity contribution in [2.24, 2.45) is 5.41 Å². The van der Waals surface area contributed by atoms with E-state index in [-0.39, 0.29) is 26.1 Å². The minimum absolute atomic E-state index is 0.0362. The van der Waals surface area contributed by atoms with E-state index in [4.69, 9.17) is 20.6 Å². The summed E-state index contributed by atoms with van der Waals surface area (Å²) in [5.74, 6) is 0.587. The fourth-order valence-electron chi connectivity index (χ4n) is 2.52. The molecule has 0 heterocycles. The van der Waals surface area contributed by atoms with Gasteiger partial charge in [0.05, 0.1) is 25.4 Å². The molecule has 0 bridgehead atoms. The molecule has 0 atom stereocenters. The normalized spacial score (nSPS) is 10.9. The van der Waals surface area contributed by atoms with Gasteiger partial charge in [-0.05, 0) is 44.9 Å². The van der Waals surface area contributed by atoms with Gasteiger partial charge in [0.1, 0.15) is 0 Å². The van der Waals surface area contributed by atoms with Gasteiger partial charge in [0.25, 0.3) is 0 Å². The predicted molar refractivity (Wildman–Crippen MR) is 105 cm³/mol. The second-order valence-corrected chi connectivity index (χ2v) is 5.85. The van der Waals surface area contributed by atoms with Crippen LogP contribution in [0.1, 0.15) is 49.5 Å². The molecule has 0 N–H and O–H groups in total. The first-order valence-electron chi connectivity index (χ1n) is 9.16. The number of hydrogen-bond donors (Lipinski definition) is 0. The Labute approximate surface area is 165 Å². The summed E-state index contributed by atoms with van der Waals surface area (Å²) in [6.45, 7) is 5.62. The summed E-state index contributed by atoms with van der Waals surface area (Å²) < 4.78 is 15.1. The van der Waals surface area contributed by atoms with Crippen LogP contribution in [0, 0.1) is 17.8 Å². The monoisotopic (exact) mass is 386 g/mol. The second-order valence-electron chi connectivity index (χ2n) is 5.85. The highest BCUT2D eigenvalue weighted by molar-refractivity contribution is 6.00. The first-order valence-corrected chi connectivity index (χ1v) is 9.16. The molecule has 6 heteroatoms. The standard InChI is InChI=1S/C22H26O6/c1-5-15-22(20(24)27-7-3,21(25)28-8-4)16-9-10-17-11-13-18(14-12-17)19(23)26-6-2/h1,9-14H,6-8,15-16H2,2-4H3/b10-9+. The number of carbonyl (C=O) groups excluding carboxylic acids is 3. The number of esters is 3. The van der Waals surface area contributed by atoms with Crippen LogP contribution in [0.4, 0.5) is 0 Å². The van der Waals surface area contributed by atoms with Crippen molar-refractivity contribution < 1.29 is 28.6 Å². The second kappa shape index (κ2) is 11.6. The molecule has 0 unspecified atom stereocenters. The molecule has 6 nitrogen and oxygen atoms in total. The third kappa shape index (κ3) is 5.98. The summed E-state index contributed by atoms with van der Waals surface area (Å²) in [6, 6.07) is 6.76. The van der Waals surface area contributed by atoms with E-state index in [1.807, 2.05) is 0 Å². The molecule has 0 aliphatic carbocycles. The van der Waals surface area contributed by atoms with Crippen molar-refractivity contribution in [3.05, 3.63) is 41.5 Å². The van der Waals surface area contributed by atoms with E-state index in [2.05, 4.69) is 5.92 Å². The number of terminal acetylenes is 1. The van der Waals surface area contributed by atoms with Gasteiger partial charge in [-0.1, -0.05) is 24.3 Å². The maximum absolute atomic E-state index is 12.5. The van der Waals surface area contributed by atoms with E-state index in [9.17, 15) is 14.4 Å². The van der Waals surface area contributed by atoms with Crippen LogP contribution in [0.25, 0.3) is 6.08 Å². The topological polar surface area (TPSA) is 78.9 Å². The lowest BCUT2D eigenvalue weighted by Crippen LogP contribution is -2.41. The molecule has 0 radical (unpaired) electrons. The Hall–Kier alpha value is -3.07. The van der Waals surface area contributed by atoms with Crippen LogP contribution in [0.3, 0.4) is 0 Å². The summed E-state index contributed by atoms with van der Waals surface area (Å²) in [5.41, 5.74) is -0.351. The van der Waals surface area contributed by atoms with Crippen molar-refractivity contribution in [3.8, 4) is 12.3 Å². The molecule has 1 aromatic rings. The van der Waals surface area contributed by atoms with E-state index in [0.717, 1.165) is 5.56 Å². The van der Waals surface area contributed by atoms with Crippen LogP contribution in [-0.2, 0) is 23.8 Å². The van der Waals surface area contributed by atoms with Crippen LogP contribution in [-0.4, -0.2) is 37.7 Å². The van der Waals surface area contributed by atoms with E-state index in [1.165, 1.54) is 0 Å². The van der Waals surface area contributed by atoms with Gasteiger partial charge in [0.15, 0.2) is 5.41 Å². The molecular weight excluding hydrogens is 360 g/mol. The van der Waals surface area contributed by atoms with Crippen molar-refractivity contribution in [2.75, 3.05) is 19.8 Å². The number of hydrogen-bond acceptors (Lipinski definition) is 6. The summed E-state index contributed by atoms with van der Waals surface area (Å²) >= 11 is 0. The number of carbonyl (C=O) groups is 3. The van der Waals surface area contributed by atoms with Gasteiger partial charge in [-0.2, -0.15) is 0 Å². The summed E-state index contributed by atoms with van der Waals surface area (Å²) in [6.07, 6.45) is 8.72. The quantitative estimate of drug-likeness (QED) is 0.265. The highest BCUT2D eigenvalue weighted by Crippen LogP contribution is 2.31. The largest absolute Gasteiger partial charge is 0.465 e. The highest BCUT2D eigenvalue weighted by Gasteiger charge is 2.47. The van der Waals surface area contributed by atoms with E-state index in [1.54, 1.807) is 57.2 Å². The Morgan fingerprint density at radius 3 is 1.96 bits per heavy atom. The Morgan fingerprint density at radius 2 is 1.50 bits per heavy atom. The third-order valence-corrected chi connectivity index (χ3v) is 3.93. The van der Waals surface area contributed by atoms with Crippen LogP contribution in [0.15, 0.2) is 30.3 Å². The van der Waals surface area contributed by atoms with Crippen LogP contribution in [0.5, 0.6) is 0 Å². The van der Waals surface area contributed by atoms with Crippen molar-refractivity contribution in [2.45, 2.75) is 33.6 Å². The maximum atomic E-state index is 12.5. The van der Waals surface area contributed by atoms with Crippen molar-refractivity contribution in [1.82, 2.24) is 0 Å². The lowest BCUT2D eigenvalue weighted by atomic mass is 9.81. The zero-order chi connectivity index (χ0) is 21.0. The van der Waals surface area contributed by atoms with Crippen LogP contribution in [0.2, 0.25) is 0 Å². The number of rotatable bonds is 10. The molecular formula is C22H26O6. The molecule has 1 aromatic carbocycles. The molecule has 0 fully saturated rings. The molecule has 0 saturated heterocycles. The summed E-state index contributed by atoms with van der Waals surface area (Å²) in [7, 11) is 0. The molecule has 1 rings (SSSR count). The Morgan fingerprint density at radius 1 is 0.964 bits per heavy atom. The molecule has 0 aromatic heterocycles. The van der Waals surface area contributed by atoms with E-state index < -0.39 is 23.3 Å². The molecule has 0 saturated carbocycles. The minimum atomic E-state index is -1.58. The number of benzene rings is 1. The lowest BCUT2D eigenvalue weighted by molar-refractivity contribution is -0.171. The SMILES string of the molecule is C#CCC(C/C=C/c1ccc(C(=O)OCC)cc1)(C(=O)OCC)C(=O)OCC. The summed E-state index contributed by atoms with van der Waals surface area (Å²) in [4.78, 5) is 36.7. The van der Waals surface area contributed by atoms with Gasteiger partial charge in [-0.25, -0.2) is 4.79 Å². The first kappa shape index (κ1) is 23.0. The Kier molecular flexibility index (Phi) is 9.52. The van der Waals surface area contributed by atoms with Gasteiger partial charge in [0, 0.05) is 6.42 Å². The van der Waals surface area contributed by atoms with E-state index >= 15 is 0 Å². The smallest absolute Gasteiger partial charge is 0.338 e. The Balaban J connectivity index is 3.02. The number of allylic oxidation sites excluding steroid dienone is 1. The van der Waals surface area contributed by atoms with Gasteiger partial charge >= 0.3 is 17.9 Å². The van der Waals surface area contributed by atoms with Gasteiger partial charge in [-0.15, -0.1) is 12.3 Å². The van der Waals surface area contributed by atoms with E-state index in [0.29, 0.717) is 12.2 Å². The Bertz CT molecular complexity index is 721. The molecule has 28 heavy (non-hydrogen) atoms. The van der Waals surface area contributed by atoms with Crippen LogP contribution < -0.4 is 0 Å². The molecule has 0 spiro atoms. The molecule has 0 aliphatic rings. The average molecular weight is 386 g/mol.